The quantitative estimate of drug-likeness (QED) is 0.501. The molecule has 0 radical (unpaired) electrons. The van der Waals surface area contributed by atoms with E-state index in [1.807, 2.05) is 24.3 Å². The largest absolute Gasteiger partial charge is 0.524 e. The lowest BCUT2D eigenvalue weighted by atomic mass is 10.2. The third-order valence-electron chi connectivity index (χ3n) is 1.37. The van der Waals surface area contributed by atoms with E-state index < -0.39 is 10.0 Å². The van der Waals surface area contributed by atoms with E-state index in [0.717, 1.165) is 11.3 Å². The second-order valence-corrected chi connectivity index (χ2v) is 3.29. The highest BCUT2D eigenvalue weighted by Crippen LogP contribution is 2.15. The highest BCUT2D eigenvalue weighted by Gasteiger charge is 1.97. The van der Waals surface area contributed by atoms with Crippen molar-refractivity contribution in [3.63, 3.8) is 0 Å². The van der Waals surface area contributed by atoms with E-state index >= 15 is 0 Å². The third kappa shape index (κ3) is 2.12. The number of benzene rings is 1. The maximum Gasteiger partial charge on any atom is 0.365 e. The molecule has 12 heavy (non-hydrogen) atoms. The van der Waals surface area contributed by atoms with Gasteiger partial charge < -0.3 is 8.85 Å². The molecule has 1 aromatic carbocycles. The standard InChI is InChI=1S/C9H10O2Si/c1-3-8-6-4-5-7-9(8)11-12-10-2/h1,4-7H,12H2,2H3. The normalized spacial score (nSPS) is 10.0. The Labute approximate surface area is 74.6 Å². The van der Waals surface area contributed by atoms with Gasteiger partial charge in [-0.3, -0.25) is 0 Å². The average molecular weight is 178 g/mol. The number of rotatable bonds is 3. The second-order valence-electron chi connectivity index (χ2n) is 2.19. The molecule has 0 heterocycles. The summed E-state index contributed by atoms with van der Waals surface area (Å²) in [6.07, 6.45) is 5.27. The van der Waals surface area contributed by atoms with Crippen LogP contribution in [0.25, 0.3) is 0 Å². The number of hydrogen-bond donors (Lipinski definition) is 0. The van der Waals surface area contributed by atoms with E-state index in [2.05, 4.69) is 5.92 Å². The Bertz CT molecular complexity index is 291. The Balaban J connectivity index is 2.77. The van der Waals surface area contributed by atoms with Crippen LogP contribution in [0.1, 0.15) is 5.56 Å². The molecule has 3 heteroatoms. The summed E-state index contributed by atoms with van der Waals surface area (Å²) in [7, 11) is 0.727. The van der Waals surface area contributed by atoms with Crippen LogP contribution in [0.2, 0.25) is 0 Å². The molecule has 0 fully saturated rings. The van der Waals surface area contributed by atoms with Crippen LogP contribution in [0, 0.1) is 12.3 Å². The molecule has 2 nitrogen and oxygen atoms in total. The summed E-state index contributed by atoms with van der Waals surface area (Å²) < 4.78 is 10.2. The minimum Gasteiger partial charge on any atom is -0.524 e. The SMILES string of the molecule is C#Cc1ccccc1O[SiH2]OC. The molecule has 62 valence electrons. The molecule has 0 saturated carbocycles. The highest BCUT2D eigenvalue weighted by atomic mass is 28.3. The Hall–Kier alpha value is -1.24. The molecule has 0 atom stereocenters. The van der Waals surface area contributed by atoms with Crippen molar-refractivity contribution in [3.05, 3.63) is 29.8 Å². The van der Waals surface area contributed by atoms with Crippen LogP contribution in [0.5, 0.6) is 5.75 Å². The van der Waals surface area contributed by atoms with Gasteiger partial charge in [-0.15, -0.1) is 6.42 Å². The topological polar surface area (TPSA) is 18.5 Å². The van der Waals surface area contributed by atoms with E-state index in [1.165, 1.54) is 0 Å². The van der Waals surface area contributed by atoms with Gasteiger partial charge in [-0.1, -0.05) is 18.1 Å². The first-order chi connectivity index (χ1) is 5.88. The zero-order chi connectivity index (χ0) is 8.81. The summed E-state index contributed by atoms with van der Waals surface area (Å²) in [4.78, 5) is 0. The maximum atomic E-state index is 5.35. The predicted octanol–water partition coefficient (Wildman–Crippen LogP) is 0.692. The fourth-order valence-electron chi connectivity index (χ4n) is 0.834. The van der Waals surface area contributed by atoms with Crippen LogP contribution >= 0.6 is 0 Å². The van der Waals surface area contributed by atoms with Crippen molar-refractivity contribution in [2.24, 2.45) is 0 Å². The predicted molar refractivity (Wildman–Crippen MR) is 50.6 cm³/mol. The van der Waals surface area contributed by atoms with Gasteiger partial charge in [-0.2, -0.15) is 0 Å². The fourth-order valence-corrected chi connectivity index (χ4v) is 1.33. The lowest BCUT2D eigenvalue weighted by Gasteiger charge is -2.05. The van der Waals surface area contributed by atoms with Gasteiger partial charge >= 0.3 is 10.0 Å². The molecule has 1 aromatic rings. The van der Waals surface area contributed by atoms with Crippen LogP contribution in [0.15, 0.2) is 24.3 Å². The summed E-state index contributed by atoms with van der Waals surface area (Å²) in [5.41, 5.74) is 0.780. The highest BCUT2D eigenvalue weighted by molar-refractivity contribution is 6.19. The van der Waals surface area contributed by atoms with Gasteiger partial charge in [0.05, 0.1) is 5.56 Å². The molecule has 0 saturated heterocycles. The molecule has 0 amide bonds. The molecular weight excluding hydrogens is 168 g/mol. The van der Waals surface area contributed by atoms with E-state index in [-0.39, 0.29) is 0 Å². The molecule has 0 aliphatic heterocycles. The van der Waals surface area contributed by atoms with E-state index in [0.29, 0.717) is 0 Å². The monoisotopic (exact) mass is 178 g/mol. The van der Waals surface area contributed by atoms with Crippen molar-refractivity contribution in [3.8, 4) is 18.1 Å². The smallest absolute Gasteiger partial charge is 0.365 e. The molecule has 0 spiro atoms. The Morgan fingerprint density at radius 2 is 2.17 bits per heavy atom. The molecule has 0 N–H and O–H groups in total. The average Bonchev–Trinajstić information content (AvgIpc) is 2.15. The van der Waals surface area contributed by atoms with E-state index in [9.17, 15) is 0 Å². The van der Waals surface area contributed by atoms with Gasteiger partial charge in [-0.25, -0.2) is 0 Å². The van der Waals surface area contributed by atoms with Crippen molar-refractivity contribution >= 4 is 10.0 Å². The van der Waals surface area contributed by atoms with Crippen LogP contribution in [-0.4, -0.2) is 17.1 Å². The summed E-state index contributed by atoms with van der Waals surface area (Å²) in [6, 6.07) is 7.47. The number of hydrogen-bond acceptors (Lipinski definition) is 2. The zero-order valence-electron chi connectivity index (χ0n) is 6.91. The van der Waals surface area contributed by atoms with Gasteiger partial charge in [0.1, 0.15) is 5.75 Å². The van der Waals surface area contributed by atoms with E-state index in [1.54, 1.807) is 7.11 Å². The summed E-state index contributed by atoms with van der Waals surface area (Å²) >= 11 is 0. The zero-order valence-corrected chi connectivity index (χ0v) is 8.32. The molecule has 0 bridgehead atoms. The first-order valence-electron chi connectivity index (χ1n) is 3.56. The van der Waals surface area contributed by atoms with Crippen molar-refractivity contribution in [1.29, 1.82) is 0 Å². The van der Waals surface area contributed by atoms with Crippen LogP contribution in [0.3, 0.4) is 0 Å². The number of para-hydroxylation sites is 1. The number of terminal acetylenes is 1. The fraction of sp³-hybridized carbons (Fsp3) is 0.111. The van der Waals surface area contributed by atoms with Crippen molar-refractivity contribution in [2.45, 2.75) is 0 Å². The Morgan fingerprint density at radius 1 is 1.42 bits per heavy atom. The molecule has 0 aliphatic carbocycles. The van der Waals surface area contributed by atoms with Gasteiger partial charge in [0.2, 0.25) is 0 Å². The van der Waals surface area contributed by atoms with Crippen LogP contribution in [-0.2, 0) is 4.43 Å². The van der Waals surface area contributed by atoms with E-state index in [4.69, 9.17) is 15.3 Å². The summed E-state index contributed by atoms with van der Waals surface area (Å²) in [5, 5.41) is 0. The van der Waals surface area contributed by atoms with Gasteiger partial charge in [-0.05, 0) is 12.1 Å². The minimum absolute atomic E-state index is 0.744. The molecular formula is C9H10O2Si. The Morgan fingerprint density at radius 3 is 2.83 bits per heavy atom. The van der Waals surface area contributed by atoms with Gasteiger partial charge in [0.25, 0.3) is 0 Å². The summed E-state index contributed by atoms with van der Waals surface area (Å²) in [6.45, 7) is 0. The Kier molecular flexibility index (Phi) is 3.39. The molecule has 1 rings (SSSR count). The molecule has 0 aromatic heterocycles. The lowest BCUT2D eigenvalue weighted by Crippen LogP contribution is -2.05. The maximum absolute atomic E-state index is 5.35. The summed E-state index contributed by atoms with van der Waals surface area (Å²) in [5.74, 6) is 3.29. The van der Waals surface area contributed by atoms with Gasteiger partial charge in [0, 0.05) is 7.11 Å². The minimum atomic E-state index is -0.903. The van der Waals surface area contributed by atoms with Crippen molar-refractivity contribution in [1.82, 2.24) is 0 Å². The van der Waals surface area contributed by atoms with Crippen molar-refractivity contribution in [2.75, 3.05) is 7.11 Å². The lowest BCUT2D eigenvalue weighted by molar-refractivity contribution is 0.365. The third-order valence-corrected chi connectivity index (χ3v) is 2.04. The van der Waals surface area contributed by atoms with Gasteiger partial charge in [0.15, 0.2) is 0 Å². The van der Waals surface area contributed by atoms with Crippen molar-refractivity contribution < 1.29 is 8.85 Å². The molecule has 0 unspecified atom stereocenters. The molecule has 0 aliphatic rings. The van der Waals surface area contributed by atoms with Crippen LogP contribution < -0.4 is 4.43 Å². The van der Waals surface area contributed by atoms with Crippen LogP contribution in [0.4, 0.5) is 0 Å². The first kappa shape index (κ1) is 8.85. The first-order valence-corrected chi connectivity index (χ1v) is 4.71. The second kappa shape index (κ2) is 4.60.